The van der Waals surface area contributed by atoms with E-state index in [1.54, 1.807) is 13.8 Å². The number of nitrogens with zero attached hydrogens (tertiary/aromatic N) is 1. The molecule has 1 atom stereocenters. The number of amides is 1. The van der Waals surface area contributed by atoms with Gasteiger partial charge in [-0.2, -0.15) is 0 Å². The van der Waals surface area contributed by atoms with E-state index in [9.17, 15) is 9.18 Å². The van der Waals surface area contributed by atoms with E-state index in [2.05, 4.69) is 10.3 Å². The van der Waals surface area contributed by atoms with Gasteiger partial charge in [-0.05, 0) is 26.0 Å². The lowest BCUT2D eigenvalue weighted by Crippen LogP contribution is -2.28. The number of pyridine rings is 1. The van der Waals surface area contributed by atoms with E-state index < -0.39 is 17.8 Å². The zero-order chi connectivity index (χ0) is 11.3. The molecule has 0 spiro atoms. The van der Waals surface area contributed by atoms with Gasteiger partial charge in [-0.3, -0.25) is 4.79 Å². The summed E-state index contributed by atoms with van der Waals surface area (Å²) in [5.74, 6) is -1.04. The molecule has 4 nitrogen and oxygen atoms in total. The molecular formula is C10H13FN2O2. The second-order valence-electron chi connectivity index (χ2n) is 2.92. The maximum Gasteiger partial charge on any atom is 0.254 e. The number of ether oxygens (including phenoxy) is 1. The van der Waals surface area contributed by atoms with Crippen LogP contribution in [0.5, 0.6) is 0 Å². The topological polar surface area (TPSA) is 51.2 Å². The Balaban J connectivity index is 2.62. The van der Waals surface area contributed by atoms with Crippen LogP contribution in [-0.4, -0.2) is 23.6 Å². The minimum Gasteiger partial charge on any atom is -0.369 e. The van der Waals surface area contributed by atoms with Crippen molar-refractivity contribution in [2.45, 2.75) is 20.0 Å². The van der Waals surface area contributed by atoms with Gasteiger partial charge >= 0.3 is 0 Å². The Hall–Kier alpha value is -1.49. The summed E-state index contributed by atoms with van der Waals surface area (Å²) in [6.45, 7) is 3.81. The lowest BCUT2D eigenvalue weighted by atomic mass is 10.3. The Morgan fingerprint density at radius 2 is 2.47 bits per heavy atom. The number of anilines is 1. The third-order valence-electron chi connectivity index (χ3n) is 1.79. The lowest BCUT2D eigenvalue weighted by Gasteiger charge is -2.11. The van der Waals surface area contributed by atoms with Crippen molar-refractivity contribution in [1.29, 1.82) is 0 Å². The van der Waals surface area contributed by atoms with E-state index in [0.29, 0.717) is 6.61 Å². The zero-order valence-corrected chi connectivity index (χ0v) is 8.66. The number of hydrogen-bond acceptors (Lipinski definition) is 3. The summed E-state index contributed by atoms with van der Waals surface area (Å²) >= 11 is 0. The van der Waals surface area contributed by atoms with Crippen LogP contribution in [-0.2, 0) is 9.53 Å². The summed E-state index contributed by atoms with van der Waals surface area (Å²) in [6, 6.07) is 2.69. The fraction of sp³-hybridized carbons (Fsp3) is 0.400. The molecule has 0 aliphatic heterocycles. The van der Waals surface area contributed by atoms with Crippen molar-refractivity contribution in [3.63, 3.8) is 0 Å². The highest BCUT2D eigenvalue weighted by Gasteiger charge is 2.14. The first-order valence-electron chi connectivity index (χ1n) is 4.68. The molecule has 0 aliphatic rings. The van der Waals surface area contributed by atoms with Gasteiger partial charge in [-0.25, -0.2) is 9.37 Å². The average molecular weight is 212 g/mol. The van der Waals surface area contributed by atoms with Gasteiger partial charge in [0, 0.05) is 12.8 Å². The molecular weight excluding hydrogens is 199 g/mol. The van der Waals surface area contributed by atoms with Crippen LogP contribution in [0.25, 0.3) is 0 Å². The Bertz CT molecular complexity index is 344. The Morgan fingerprint density at radius 1 is 1.73 bits per heavy atom. The molecule has 0 aromatic carbocycles. The first-order chi connectivity index (χ1) is 7.15. The van der Waals surface area contributed by atoms with Crippen molar-refractivity contribution in [2.75, 3.05) is 11.9 Å². The molecule has 1 N–H and O–H groups in total. The van der Waals surface area contributed by atoms with Gasteiger partial charge in [0.15, 0.2) is 11.6 Å². The Labute approximate surface area is 87.5 Å². The number of rotatable bonds is 4. The number of hydrogen-bond donors (Lipinski definition) is 1. The van der Waals surface area contributed by atoms with Gasteiger partial charge in [0.05, 0.1) is 0 Å². The van der Waals surface area contributed by atoms with E-state index in [4.69, 9.17) is 4.74 Å². The summed E-state index contributed by atoms with van der Waals surface area (Å²) in [7, 11) is 0. The average Bonchev–Trinajstić information content (AvgIpc) is 2.21. The van der Waals surface area contributed by atoms with Crippen LogP contribution in [0.3, 0.4) is 0 Å². The number of carbonyl (C=O) groups excluding carboxylic acids is 1. The first-order valence-corrected chi connectivity index (χ1v) is 4.68. The molecule has 15 heavy (non-hydrogen) atoms. The number of aromatic nitrogens is 1. The smallest absolute Gasteiger partial charge is 0.254 e. The minimum absolute atomic E-state index is 0.0750. The van der Waals surface area contributed by atoms with Crippen molar-refractivity contribution in [3.05, 3.63) is 24.1 Å². The van der Waals surface area contributed by atoms with Gasteiger partial charge in [-0.1, -0.05) is 0 Å². The SMILES string of the molecule is CCO[C@H](C)C(=O)Nc1ncccc1F. The summed E-state index contributed by atoms with van der Waals surface area (Å²) in [4.78, 5) is 15.1. The molecule has 0 aliphatic carbocycles. The maximum atomic E-state index is 13.1. The first kappa shape index (κ1) is 11.6. The lowest BCUT2D eigenvalue weighted by molar-refractivity contribution is -0.126. The van der Waals surface area contributed by atoms with Gasteiger partial charge in [0.25, 0.3) is 5.91 Å². The molecule has 0 saturated heterocycles. The van der Waals surface area contributed by atoms with Crippen LogP contribution in [0.4, 0.5) is 10.2 Å². The van der Waals surface area contributed by atoms with E-state index >= 15 is 0 Å². The van der Waals surface area contributed by atoms with Gasteiger partial charge in [0.2, 0.25) is 0 Å². The number of carbonyl (C=O) groups is 1. The zero-order valence-electron chi connectivity index (χ0n) is 8.66. The summed E-state index contributed by atoms with van der Waals surface area (Å²) in [5, 5.41) is 2.34. The third-order valence-corrected chi connectivity index (χ3v) is 1.79. The summed E-state index contributed by atoms with van der Waals surface area (Å²) in [5.41, 5.74) is 0. The molecule has 0 unspecified atom stereocenters. The van der Waals surface area contributed by atoms with Crippen molar-refractivity contribution in [2.24, 2.45) is 0 Å². The minimum atomic E-state index is -0.614. The molecule has 1 aromatic rings. The van der Waals surface area contributed by atoms with Crippen molar-refractivity contribution in [1.82, 2.24) is 4.98 Å². The van der Waals surface area contributed by atoms with Gasteiger partial charge < -0.3 is 10.1 Å². The van der Waals surface area contributed by atoms with E-state index in [1.165, 1.54) is 18.3 Å². The second kappa shape index (κ2) is 5.41. The quantitative estimate of drug-likeness (QED) is 0.824. The summed E-state index contributed by atoms with van der Waals surface area (Å²) in [6.07, 6.45) is 0.792. The predicted octanol–water partition coefficient (Wildman–Crippen LogP) is 1.58. The van der Waals surface area contributed by atoms with Crippen LogP contribution in [0.2, 0.25) is 0 Å². The van der Waals surface area contributed by atoms with Crippen molar-refractivity contribution >= 4 is 11.7 Å². The molecule has 1 amide bonds. The van der Waals surface area contributed by atoms with E-state index in [0.717, 1.165) is 0 Å². The number of halogens is 1. The van der Waals surface area contributed by atoms with Crippen LogP contribution >= 0.6 is 0 Å². The van der Waals surface area contributed by atoms with Crippen LogP contribution < -0.4 is 5.32 Å². The monoisotopic (exact) mass is 212 g/mol. The predicted molar refractivity (Wildman–Crippen MR) is 53.9 cm³/mol. The third kappa shape index (κ3) is 3.28. The van der Waals surface area contributed by atoms with Crippen LogP contribution in [0.15, 0.2) is 18.3 Å². The molecule has 1 rings (SSSR count). The Kier molecular flexibility index (Phi) is 4.17. The standard InChI is InChI=1S/C10H13FN2O2/c1-3-15-7(2)10(14)13-9-8(11)5-4-6-12-9/h4-7H,3H2,1-2H3,(H,12,13,14)/t7-/m1/s1. The normalized spacial score (nSPS) is 12.2. The molecule has 5 heteroatoms. The largest absolute Gasteiger partial charge is 0.369 e. The van der Waals surface area contributed by atoms with Crippen molar-refractivity contribution < 1.29 is 13.9 Å². The van der Waals surface area contributed by atoms with Crippen LogP contribution in [0.1, 0.15) is 13.8 Å². The number of nitrogens with one attached hydrogen (secondary N) is 1. The molecule has 0 radical (unpaired) electrons. The second-order valence-corrected chi connectivity index (χ2v) is 2.92. The highest BCUT2D eigenvalue weighted by atomic mass is 19.1. The highest BCUT2D eigenvalue weighted by Crippen LogP contribution is 2.09. The van der Waals surface area contributed by atoms with Gasteiger partial charge in [0.1, 0.15) is 6.10 Å². The van der Waals surface area contributed by atoms with Gasteiger partial charge in [-0.15, -0.1) is 0 Å². The molecule has 1 aromatic heterocycles. The van der Waals surface area contributed by atoms with Crippen LogP contribution in [0, 0.1) is 5.82 Å². The highest BCUT2D eigenvalue weighted by molar-refractivity contribution is 5.93. The summed E-state index contributed by atoms with van der Waals surface area (Å²) < 4.78 is 18.1. The fourth-order valence-corrected chi connectivity index (χ4v) is 1.02. The maximum absolute atomic E-state index is 13.1. The fourth-order valence-electron chi connectivity index (χ4n) is 1.02. The molecule has 82 valence electrons. The Morgan fingerprint density at radius 3 is 3.07 bits per heavy atom. The molecule has 0 bridgehead atoms. The van der Waals surface area contributed by atoms with E-state index in [1.807, 2.05) is 0 Å². The molecule has 0 fully saturated rings. The molecule has 1 heterocycles. The van der Waals surface area contributed by atoms with Crippen molar-refractivity contribution in [3.8, 4) is 0 Å². The molecule has 0 saturated carbocycles. The van der Waals surface area contributed by atoms with E-state index in [-0.39, 0.29) is 5.82 Å².